The first-order valence-corrected chi connectivity index (χ1v) is 11.1. The molecule has 0 fully saturated rings. The van der Waals surface area contributed by atoms with Crippen molar-refractivity contribution in [2.24, 2.45) is 0 Å². The Morgan fingerprint density at radius 2 is 0.941 bits per heavy atom. The van der Waals surface area contributed by atoms with Gasteiger partial charge in [0.15, 0.2) is 0 Å². The molecular formula is C30H30BrNO2. The third-order valence-corrected chi connectivity index (χ3v) is 5.56. The van der Waals surface area contributed by atoms with Crippen molar-refractivity contribution in [2.45, 2.75) is 6.54 Å². The molecule has 0 aliphatic heterocycles. The minimum Gasteiger partial charge on any atom is -1.00 e. The van der Waals surface area contributed by atoms with Crippen LogP contribution in [0.2, 0.25) is 0 Å². The van der Waals surface area contributed by atoms with E-state index < -0.39 is 0 Å². The molecule has 5 aromatic rings. The van der Waals surface area contributed by atoms with E-state index in [9.17, 15) is 10.2 Å². The van der Waals surface area contributed by atoms with E-state index in [2.05, 4.69) is 51.5 Å². The average molecular weight is 516 g/mol. The number of aromatic hydroxyl groups is 2. The summed E-state index contributed by atoms with van der Waals surface area (Å²) in [6.07, 6.45) is 0. The normalized spacial score (nSPS) is 10.9. The molecule has 0 aromatic heterocycles. The number of phenolic OH excluding ortho intramolecular Hbond substituents is 2. The van der Waals surface area contributed by atoms with E-state index in [1.807, 2.05) is 60.7 Å². The molecule has 0 saturated heterocycles. The Morgan fingerprint density at radius 1 is 0.529 bits per heavy atom. The minimum atomic E-state index is 0. The quantitative estimate of drug-likeness (QED) is 0.357. The molecular weight excluding hydrogens is 486 g/mol. The molecule has 0 bridgehead atoms. The second-order valence-corrected chi connectivity index (χ2v) is 9.30. The molecule has 5 rings (SSSR count). The molecule has 4 heteroatoms. The first-order valence-electron chi connectivity index (χ1n) is 11.1. The fourth-order valence-electron chi connectivity index (χ4n) is 4.18. The predicted molar refractivity (Wildman–Crippen MR) is 138 cm³/mol. The molecule has 3 nitrogen and oxygen atoms in total. The van der Waals surface area contributed by atoms with Gasteiger partial charge in [0, 0.05) is 16.7 Å². The Kier molecular flexibility index (Phi) is 7.98. The van der Waals surface area contributed by atoms with Gasteiger partial charge in [-0.1, -0.05) is 91.0 Å². The molecule has 34 heavy (non-hydrogen) atoms. The van der Waals surface area contributed by atoms with Gasteiger partial charge in [-0.25, -0.2) is 0 Å². The van der Waals surface area contributed by atoms with Gasteiger partial charge in [0.1, 0.15) is 18.0 Å². The summed E-state index contributed by atoms with van der Waals surface area (Å²) in [5, 5.41) is 24.8. The highest BCUT2D eigenvalue weighted by Gasteiger charge is 2.16. The summed E-state index contributed by atoms with van der Waals surface area (Å²) in [6, 6.07) is 33.4. The molecule has 0 unspecified atom stereocenters. The second kappa shape index (κ2) is 10.7. The highest BCUT2D eigenvalue weighted by molar-refractivity contribution is 6.09. The van der Waals surface area contributed by atoms with Crippen LogP contribution in [0.3, 0.4) is 0 Å². The van der Waals surface area contributed by atoms with E-state index >= 15 is 0 Å². The number of phenols is 2. The van der Waals surface area contributed by atoms with Gasteiger partial charge in [-0.2, -0.15) is 0 Å². The van der Waals surface area contributed by atoms with Gasteiger partial charge in [-0.15, -0.1) is 0 Å². The molecule has 174 valence electrons. The molecule has 5 aromatic carbocycles. The lowest BCUT2D eigenvalue weighted by molar-refractivity contribution is -0.884. The fourth-order valence-corrected chi connectivity index (χ4v) is 4.18. The molecule has 0 aliphatic carbocycles. The maximum Gasteiger partial charge on any atom is 0.124 e. The lowest BCUT2D eigenvalue weighted by Gasteiger charge is -2.23. The largest absolute Gasteiger partial charge is 1.00 e. The zero-order chi connectivity index (χ0) is 23.4. The lowest BCUT2D eigenvalue weighted by atomic mass is 9.92. The molecule has 2 N–H and O–H groups in total. The van der Waals surface area contributed by atoms with E-state index in [0.29, 0.717) is 11.1 Å². The number of halogens is 1. The van der Waals surface area contributed by atoms with Crippen molar-refractivity contribution in [3.8, 4) is 22.6 Å². The van der Waals surface area contributed by atoms with Crippen LogP contribution in [0.4, 0.5) is 0 Å². The topological polar surface area (TPSA) is 40.5 Å². The lowest BCUT2D eigenvalue weighted by Crippen LogP contribution is -3.00. The number of rotatable bonds is 3. The van der Waals surface area contributed by atoms with Crippen LogP contribution < -0.4 is 17.0 Å². The highest BCUT2D eigenvalue weighted by atomic mass is 79.9. The zero-order valence-electron chi connectivity index (χ0n) is 19.7. The van der Waals surface area contributed by atoms with Crippen LogP contribution in [0.25, 0.3) is 32.7 Å². The van der Waals surface area contributed by atoms with E-state index in [1.165, 1.54) is 5.56 Å². The summed E-state index contributed by atoms with van der Waals surface area (Å²) in [6.45, 7) is 1.10. The SMILES string of the molecule is C[N+](C)(C)Cc1ccccc1.Oc1ccc2ccccc2c1-c1c(O)ccc2ccccc12.[Br-]. The number of hydrogen-bond donors (Lipinski definition) is 2. The van der Waals surface area contributed by atoms with Gasteiger partial charge in [0.05, 0.1) is 21.1 Å². The van der Waals surface area contributed by atoms with Crippen molar-refractivity contribution in [3.05, 3.63) is 109 Å². The summed E-state index contributed by atoms with van der Waals surface area (Å²) in [5.41, 5.74) is 2.75. The molecule has 0 atom stereocenters. The van der Waals surface area contributed by atoms with Gasteiger partial charge < -0.3 is 31.7 Å². The summed E-state index contributed by atoms with van der Waals surface area (Å²) in [7, 11) is 6.60. The fraction of sp³-hybridized carbons (Fsp3) is 0.133. The summed E-state index contributed by atoms with van der Waals surface area (Å²) in [5.74, 6) is 0.343. The van der Waals surface area contributed by atoms with Crippen LogP contribution in [0.5, 0.6) is 11.5 Å². The minimum absolute atomic E-state index is 0. The summed E-state index contributed by atoms with van der Waals surface area (Å²) in [4.78, 5) is 0. The van der Waals surface area contributed by atoms with E-state index in [4.69, 9.17) is 0 Å². The van der Waals surface area contributed by atoms with Crippen LogP contribution in [0, 0.1) is 0 Å². The maximum absolute atomic E-state index is 10.4. The monoisotopic (exact) mass is 515 g/mol. The number of hydrogen-bond acceptors (Lipinski definition) is 2. The third kappa shape index (κ3) is 5.77. The molecule has 0 saturated carbocycles. The number of nitrogens with zero attached hydrogens (tertiary/aromatic N) is 1. The third-order valence-electron chi connectivity index (χ3n) is 5.56. The van der Waals surface area contributed by atoms with Crippen LogP contribution in [-0.4, -0.2) is 35.8 Å². The summed E-state index contributed by atoms with van der Waals surface area (Å²) < 4.78 is 0.990. The Bertz CT molecular complexity index is 1310. The van der Waals surface area contributed by atoms with E-state index in [0.717, 1.165) is 32.6 Å². The van der Waals surface area contributed by atoms with Crippen LogP contribution in [0.15, 0.2) is 103 Å². The zero-order valence-corrected chi connectivity index (χ0v) is 21.3. The summed E-state index contributed by atoms with van der Waals surface area (Å²) >= 11 is 0. The molecule has 0 amide bonds. The Labute approximate surface area is 211 Å². The second-order valence-electron chi connectivity index (χ2n) is 9.30. The van der Waals surface area contributed by atoms with Crippen molar-refractivity contribution in [2.75, 3.05) is 21.1 Å². The van der Waals surface area contributed by atoms with Crippen LogP contribution >= 0.6 is 0 Å². The van der Waals surface area contributed by atoms with Gasteiger partial charge in [-0.05, 0) is 33.7 Å². The van der Waals surface area contributed by atoms with Gasteiger partial charge >= 0.3 is 0 Å². The Balaban J connectivity index is 0.000000231. The molecule has 0 aliphatic rings. The predicted octanol–water partition coefficient (Wildman–Crippen LogP) is 3.97. The van der Waals surface area contributed by atoms with Crippen molar-refractivity contribution >= 4 is 21.5 Å². The molecule has 0 spiro atoms. The first-order chi connectivity index (χ1) is 15.8. The highest BCUT2D eigenvalue weighted by Crippen LogP contribution is 2.44. The van der Waals surface area contributed by atoms with Crippen LogP contribution in [0.1, 0.15) is 5.56 Å². The Hall–Kier alpha value is -3.34. The number of quaternary nitrogens is 1. The number of fused-ring (bicyclic) bond motifs is 2. The molecule has 0 heterocycles. The maximum atomic E-state index is 10.4. The standard InChI is InChI=1S/C20H14O2.C10H16N.BrH/c21-17-11-9-13-5-1-3-7-15(13)19(17)20-16-8-4-2-6-14(16)10-12-18(20)22;1-11(2,3)9-10-7-5-4-6-8-10;/h1-12,21-22H;4-8H,9H2,1-3H3;1H/q;+1;/p-1. The number of benzene rings is 5. The first kappa shape index (κ1) is 25.3. The van der Waals surface area contributed by atoms with Gasteiger partial charge in [0.2, 0.25) is 0 Å². The smallest absolute Gasteiger partial charge is 0.124 e. The van der Waals surface area contributed by atoms with Crippen molar-refractivity contribution in [1.82, 2.24) is 0 Å². The van der Waals surface area contributed by atoms with Crippen molar-refractivity contribution in [3.63, 3.8) is 0 Å². The molecule has 0 radical (unpaired) electrons. The van der Waals surface area contributed by atoms with Crippen molar-refractivity contribution in [1.29, 1.82) is 0 Å². The van der Waals surface area contributed by atoms with Gasteiger partial charge in [0.25, 0.3) is 0 Å². The van der Waals surface area contributed by atoms with Crippen LogP contribution in [-0.2, 0) is 6.54 Å². The van der Waals surface area contributed by atoms with Crippen molar-refractivity contribution < 1.29 is 31.7 Å². The van der Waals surface area contributed by atoms with E-state index in [-0.39, 0.29) is 28.5 Å². The average Bonchev–Trinajstić information content (AvgIpc) is 2.80. The van der Waals surface area contributed by atoms with E-state index in [1.54, 1.807) is 12.1 Å². The van der Waals surface area contributed by atoms with Gasteiger partial charge in [-0.3, -0.25) is 0 Å². The Morgan fingerprint density at radius 3 is 1.38 bits per heavy atom.